The van der Waals surface area contributed by atoms with E-state index in [-0.39, 0.29) is 41.5 Å². The van der Waals surface area contributed by atoms with Crippen LogP contribution in [0.3, 0.4) is 0 Å². The topological polar surface area (TPSA) is 91.2 Å². The molecule has 2 rings (SSSR count). The summed E-state index contributed by atoms with van der Waals surface area (Å²) in [6, 6.07) is 8.97. The van der Waals surface area contributed by atoms with E-state index in [1.54, 1.807) is 6.07 Å². The van der Waals surface area contributed by atoms with E-state index in [2.05, 4.69) is 17.2 Å². The van der Waals surface area contributed by atoms with Crippen LogP contribution in [0.2, 0.25) is 5.02 Å². The van der Waals surface area contributed by atoms with Gasteiger partial charge in [-0.2, -0.15) is 5.26 Å². The fourth-order valence-electron chi connectivity index (χ4n) is 2.16. The molecule has 2 aromatic carbocycles. The average Bonchev–Trinajstić information content (AvgIpc) is 2.68. The Kier molecular flexibility index (Phi) is 7.69. The molecular weight excluding hydrogens is 404 g/mol. The Morgan fingerprint density at radius 1 is 1.17 bits per heavy atom. The fourth-order valence-corrected chi connectivity index (χ4v) is 2.28. The normalized spacial score (nSPS) is 10.0. The van der Waals surface area contributed by atoms with Crippen LogP contribution in [0.4, 0.5) is 8.78 Å². The quantitative estimate of drug-likeness (QED) is 0.686. The minimum atomic E-state index is -0.793. The number of rotatable bonds is 8. The van der Waals surface area contributed by atoms with E-state index in [4.69, 9.17) is 21.6 Å². The summed E-state index contributed by atoms with van der Waals surface area (Å²) in [6.45, 7) is 3.51. The maximum atomic E-state index is 13.6. The molecule has 0 aliphatic heterocycles. The van der Waals surface area contributed by atoms with Crippen LogP contribution in [-0.2, 0) is 4.79 Å². The van der Waals surface area contributed by atoms with Crippen molar-refractivity contribution >= 4 is 23.4 Å². The average molecular weight is 420 g/mol. The van der Waals surface area contributed by atoms with Gasteiger partial charge in [-0.05, 0) is 30.3 Å². The highest BCUT2D eigenvalue weighted by atomic mass is 35.5. The Hall–Kier alpha value is -3.44. The van der Waals surface area contributed by atoms with Crippen molar-refractivity contribution < 1.29 is 23.1 Å². The second-order valence-corrected chi connectivity index (χ2v) is 6.24. The number of benzene rings is 2. The molecule has 0 saturated heterocycles. The van der Waals surface area contributed by atoms with Gasteiger partial charge in [-0.25, -0.2) is 8.78 Å². The van der Waals surface area contributed by atoms with Crippen molar-refractivity contribution in [3.8, 4) is 11.8 Å². The summed E-state index contributed by atoms with van der Waals surface area (Å²) < 4.78 is 32.0. The lowest BCUT2D eigenvalue weighted by molar-refractivity contribution is -0.123. The summed E-state index contributed by atoms with van der Waals surface area (Å²) in [7, 11) is 0. The maximum absolute atomic E-state index is 13.6. The van der Waals surface area contributed by atoms with Crippen LogP contribution in [0.5, 0.6) is 5.75 Å². The number of nitriles is 1. The summed E-state index contributed by atoms with van der Waals surface area (Å²) in [5.41, 5.74) is 0.183. The molecule has 6 nitrogen and oxygen atoms in total. The Labute approximate surface area is 170 Å². The fraction of sp³-hybridized carbons (Fsp3) is 0.150. The molecule has 2 amide bonds. The Balaban J connectivity index is 1.72. The van der Waals surface area contributed by atoms with Crippen LogP contribution >= 0.6 is 11.6 Å². The number of carbonyl (C=O) groups excluding carboxylic acids is 2. The maximum Gasteiger partial charge on any atom is 0.257 e. The number of amides is 2. The standard InChI is InChI=1S/C20H16ClF2N3O3/c1-12(26-20(28)13-2-3-14(10-24)17(22)8-13)6-7-25-19(27)11-29-15-4-5-16(21)18(23)9-15/h2-5,8-9H,1,6-7,11H2,(H,25,27)(H,26,28). The van der Waals surface area contributed by atoms with Crippen LogP contribution in [0.25, 0.3) is 0 Å². The number of ether oxygens (including phenoxy) is 1. The van der Waals surface area contributed by atoms with Gasteiger partial charge in [-0.15, -0.1) is 0 Å². The van der Waals surface area contributed by atoms with E-state index in [0.29, 0.717) is 5.70 Å². The van der Waals surface area contributed by atoms with Gasteiger partial charge in [-0.3, -0.25) is 9.59 Å². The van der Waals surface area contributed by atoms with Crippen LogP contribution in [0, 0.1) is 23.0 Å². The van der Waals surface area contributed by atoms with E-state index >= 15 is 0 Å². The van der Waals surface area contributed by atoms with Crippen LogP contribution < -0.4 is 15.4 Å². The lowest BCUT2D eigenvalue weighted by Crippen LogP contribution is -2.31. The van der Waals surface area contributed by atoms with Crippen molar-refractivity contribution in [1.29, 1.82) is 5.26 Å². The highest BCUT2D eigenvalue weighted by Gasteiger charge is 2.11. The molecular formula is C20H16ClF2N3O3. The molecule has 2 aromatic rings. The largest absolute Gasteiger partial charge is 0.484 e. The molecule has 0 spiro atoms. The number of nitrogens with zero attached hydrogens (tertiary/aromatic N) is 1. The molecule has 0 bridgehead atoms. The third kappa shape index (κ3) is 6.59. The highest BCUT2D eigenvalue weighted by molar-refractivity contribution is 6.30. The van der Waals surface area contributed by atoms with E-state index in [1.807, 2.05) is 0 Å². The third-order valence-corrected chi connectivity index (χ3v) is 3.96. The van der Waals surface area contributed by atoms with Gasteiger partial charge in [0.1, 0.15) is 23.5 Å². The van der Waals surface area contributed by atoms with Gasteiger partial charge in [0.25, 0.3) is 11.8 Å². The summed E-state index contributed by atoms with van der Waals surface area (Å²) in [5.74, 6) is -2.32. The molecule has 0 aromatic heterocycles. The minimum absolute atomic E-state index is 0.0373. The molecule has 29 heavy (non-hydrogen) atoms. The van der Waals surface area contributed by atoms with Gasteiger partial charge in [-0.1, -0.05) is 18.2 Å². The second kappa shape index (κ2) is 10.2. The van der Waals surface area contributed by atoms with E-state index in [0.717, 1.165) is 12.1 Å². The van der Waals surface area contributed by atoms with Gasteiger partial charge in [0.2, 0.25) is 0 Å². The van der Waals surface area contributed by atoms with Gasteiger partial charge >= 0.3 is 0 Å². The zero-order valence-electron chi connectivity index (χ0n) is 15.1. The smallest absolute Gasteiger partial charge is 0.257 e. The molecule has 0 fully saturated rings. The Bertz CT molecular complexity index is 989. The van der Waals surface area contributed by atoms with Gasteiger partial charge in [0.05, 0.1) is 10.6 Å². The number of hydrogen-bond acceptors (Lipinski definition) is 4. The van der Waals surface area contributed by atoms with Crippen molar-refractivity contribution in [1.82, 2.24) is 10.6 Å². The van der Waals surface area contributed by atoms with Crippen molar-refractivity contribution in [3.63, 3.8) is 0 Å². The number of hydrogen-bond donors (Lipinski definition) is 2. The Morgan fingerprint density at radius 3 is 2.59 bits per heavy atom. The van der Waals surface area contributed by atoms with Crippen molar-refractivity contribution in [2.75, 3.05) is 13.2 Å². The predicted octanol–water partition coefficient (Wildman–Crippen LogP) is 3.32. The van der Waals surface area contributed by atoms with E-state index < -0.39 is 23.4 Å². The molecule has 2 N–H and O–H groups in total. The lowest BCUT2D eigenvalue weighted by atomic mass is 10.1. The van der Waals surface area contributed by atoms with E-state index in [1.165, 1.54) is 24.3 Å². The SMILES string of the molecule is C=C(CCNC(=O)COc1ccc(Cl)c(F)c1)NC(=O)c1ccc(C#N)c(F)c1. The van der Waals surface area contributed by atoms with Gasteiger partial charge in [0, 0.05) is 30.3 Å². The molecule has 0 heterocycles. The van der Waals surface area contributed by atoms with Gasteiger partial charge in [0.15, 0.2) is 6.61 Å². The molecule has 0 saturated carbocycles. The predicted molar refractivity (Wildman–Crippen MR) is 102 cm³/mol. The highest BCUT2D eigenvalue weighted by Crippen LogP contribution is 2.20. The van der Waals surface area contributed by atoms with Gasteiger partial charge < -0.3 is 15.4 Å². The minimum Gasteiger partial charge on any atom is -0.484 e. The number of halogens is 3. The molecule has 0 radical (unpaired) electrons. The van der Waals surface area contributed by atoms with Crippen molar-refractivity contribution in [2.24, 2.45) is 0 Å². The summed E-state index contributed by atoms with van der Waals surface area (Å²) in [5, 5.41) is 13.7. The van der Waals surface area contributed by atoms with Crippen LogP contribution in [-0.4, -0.2) is 25.0 Å². The molecule has 0 atom stereocenters. The zero-order chi connectivity index (χ0) is 21.4. The number of carbonyl (C=O) groups is 2. The van der Waals surface area contributed by atoms with Crippen LogP contribution in [0.15, 0.2) is 48.7 Å². The summed E-state index contributed by atoms with van der Waals surface area (Å²) >= 11 is 5.56. The molecule has 0 aliphatic carbocycles. The summed E-state index contributed by atoms with van der Waals surface area (Å²) in [4.78, 5) is 23.8. The summed E-state index contributed by atoms with van der Waals surface area (Å²) in [6.07, 6.45) is 0.228. The first-order valence-corrected chi connectivity index (χ1v) is 8.71. The molecule has 9 heteroatoms. The first-order chi connectivity index (χ1) is 13.8. The van der Waals surface area contributed by atoms with Crippen molar-refractivity contribution in [3.05, 3.63) is 76.5 Å². The van der Waals surface area contributed by atoms with Crippen LogP contribution in [0.1, 0.15) is 22.3 Å². The first kappa shape index (κ1) is 21.9. The van der Waals surface area contributed by atoms with Crippen molar-refractivity contribution in [2.45, 2.75) is 6.42 Å². The molecule has 150 valence electrons. The monoisotopic (exact) mass is 419 g/mol. The lowest BCUT2D eigenvalue weighted by Gasteiger charge is -2.10. The zero-order valence-corrected chi connectivity index (χ0v) is 15.9. The number of nitrogens with one attached hydrogen (secondary N) is 2. The Morgan fingerprint density at radius 2 is 1.93 bits per heavy atom. The second-order valence-electron chi connectivity index (χ2n) is 5.83. The molecule has 0 unspecified atom stereocenters. The van der Waals surface area contributed by atoms with E-state index in [9.17, 15) is 18.4 Å². The first-order valence-electron chi connectivity index (χ1n) is 8.33. The molecule has 0 aliphatic rings. The third-order valence-electron chi connectivity index (χ3n) is 3.65.